The highest BCUT2D eigenvalue weighted by atomic mass is 14.3. The molecule has 2 radical (unpaired) electrons. The summed E-state index contributed by atoms with van der Waals surface area (Å²) in [5, 5.41) is 0. The Balaban J connectivity index is 2.42. The molecule has 116 valence electrons. The van der Waals surface area contributed by atoms with Gasteiger partial charge in [-0.25, -0.2) is 0 Å². The van der Waals surface area contributed by atoms with E-state index in [2.05, 4.69) is 20.8 Å². The topological polar surface area (TPSA) is 0 Å². The van der Waals surface area contributed by atoms with Crippen LogP contribution in [0.2, 0.25) is 5.82 Å². The zero-order chi connectivity index (χ0) is 14.8. The van der Waals surface area contributed by atoms with Crippen LogP contribution in [-0.4, -0.2) is 7.85 Å². The molecule has 0 N–H and O–H groups in total. The van der Waals surface area contributed by atoms with Crippen molar-refractivity contribution in [1.82, 2.24) is 0 Å². The first-order valence-corrected chi connectivity index (χ1v) is 9.30. The van der Waals surface area contributed by atoms with E-state index >= 15 is 0 Å². The Morgan fingerprint density at radius 1 is 0.750 bits per heavy atom. The summed E-state index contributed by atoms with van der Waals surface area (Å²) in [6.07, 6.45) is 18.0. The van der Waals surface area contributed by atoms with E-state index in [-0.39, 0.29) is 0 Å². The van der Waals surface area contributed by atoms with Crippen LogP contribution >= 0.6 is 0 Å². The molecule has 1 aliphatic carbocycles. The first-order chi connectivity index (χ1) is 9.54. The molecule has 1 aliphatic rings. The van der Waals surface area contributed by atoms with Crippen LogP contribution in [0.25, 0.3) is 0 Å². The molecule has 0 saturated heterocycles. The molecule has 0 amide bonds. The van der Waals surface area contributed by atoms with Gasteiger partial charge >= 0.3 is 0 Å². The van der Waals surface area contributed by atoms with E-state index in [1.807, 2.05) is 0 Å². The van der Waals surface area contributed by atoms with Gasteiger partial charge in [0.25, 0.3) is 0 Å². The van der Waals surface area contributed by atoms with Gasteiger partial charge in [0.15, 0.2) is 0 Å². The standard InChI is InChI=1S/C19H37B/c1-17(2)19(3)15-11-7-4-5-9-13-18(20)14-10-6-8-12-16-19/h17-18H,4-16H2,1-3H3. The first-order valence-electron chi connectivity index (χ1n) is 9.30. The summed E-state index contributed by atoms with van der Waals surface area (Å²) in [5.41, 5.74) is 0.580. The minimum atomic E-state index is 0.473. The van der Waals surface area contributed by atoms with Crippen molar-refractivity contribution < 1.29 is 0 Å². The van der Waals surface area contributed by atoms with Gasteiger partial charge in [-0.05, 0) is 24.2 Å². The molecule has 1 fully saturated rings. The zero-order valence-electron chi connectivity index (χ0n) is 14.4. The molecular weight excluding hydrogens is 239 g/mol. The zero-order valence-corrected chi connectivity index (χ0v) is 14.4. The SMILES string of the molecule is [B]C1CCCCCCCC(C)(C(C)C)CCCCCC1. The largest absolute Gasteiger partial charge is 0.0774 e. The average Bonchev–Trinajstić information content (AvgIpc) is 2.41. The molecule has 0 aliphatic heterocycles. The van der Waals surface area contributed by atoms with Crippen molar-refractivity contribution in [2.24, 2.45) is 11.3 Å². The van der Waals surface area contributed by atoms with E-state index < -0.39 is 0 Å². The van der Waals surface area contributed by atoms with E-state index in [0.29, 0.717) is 11.2 Å². The number of hydrogen-bond donors (Lipinski definition) is 0. The average molecular weight is 276 g/mol. The van der Waals surface area contributed by atoms with E-state index in [1.54, 1.807) is 0 Å². The molecule has 1 saturated carbocycles. The summed E-state index contributed by atoms with van der Waals surface area (Å²) >= 11 is 0. The molecule has 0 aromatic carbocycles. The first kappa shape index (κ1) is 18.1. The number of hydrogen-bond acceptors (Lipinski definition) is 0. The molecule has 0 bridgehead atoms. The lowest BCUT2D eigenvalue weighted by molar-refractivity contribution is 0.168. The van der Waals surface area contributed by atoms with Gasteiger partial charge in [0.1, 0.15) is 0 Å². The van der Waals surface area contributed by atoms with Crippen molar-refractivity contribution in [3.05, 3.63) is 0 Å². The lowest BCUT2D eigenvalue weighted by Crippen LogP contribution is -2.23. The summed E-state index contributed by atoms with van der Waals surface area (Å²) in [6, 6.07) is 0. The molecule has 1 rings (SSSR count). The van der Waals surface area contributed by atoms with Crippen LogP contribution in [0, 0.1) is 11.3 Å². The lowest BCUT2D eigenvalue weighted by Gasteiger charge is -2.34. The van der Waals surface area contributed by atoms with Gasteiger partial charge in [-0.1, -0.05) is 97.2 Å². The third-order valence-electron chi connectivity index (χ3n) is 5.79. The van der Waals surface area contributed by atoms with E-state index in [0.717, 1.165) is 5.92 Å². The van der Waals surface area contributed by atoms with Crippen LogP contribution in [0.5, 0.6) is 0 Å². The fourth-order valence-corrected chi connectivity index (χ4v) is 3.60. The molecule has 20 heavy (non-hydrogen) atoms. The predicted molar refractivity (Wildman–Crippen MR) is 92.5 cm³/mol. The molecule has 1 heteroatoms. The van der Waals surface area contributed by atoms with Crippen LogP contribution in [-0.2, 0) is 0 Å². The summed E-state index contributed by atoms with van der Waals surface area (Å²) in [5.74, 6) is 1.30. The van der Waals surface area contributed by atoms with Gasteiger partial charge in [0, 0.05) is 0 Å². The second kappa shape index (κ2) is 9.90. The van der Waals surface area contributed by atoms with Gasteiger partial charge in [0.2, 0.25) is 0 Å². The Hall–Kier alpha value is 0.0649. The van der Waals surface area contributed by atoms with E-state index in [1.165, 1.54) is 83.5 Å². The minimum Gasteiger partial charge on any atom is -0.0774 e. The Morgan fingerprint density at radius 3 is 1.60 bits per heavy atom. The number of rotatable bonds is 1. The van der Waals surface area contributed by atoms with Crippen LogP contribution < -0.4 is 0 Å². The van der Waals surface area contributed by atoms with Crippen molar-refractivity contribution in [3.8, 4) is 0 Å². The van der Waals surface area contributed by atoms with Crippen LogP contribution in [0.15, 0.2) is 0 Å². The van der Waals surface area contributed by atoms with E-state index in [4.69, 9.17) is 7.85 Å². The third kappa shape index (κ3) is 7.18. The lowest BCUT2D eigenvalue weighted by atomic mass is 9.71. The Bertz CT molecular complexity index is 236. The summed E-state index contributed by atoms with van der Waals surface area (Å²) in [6.45, 7) is 7.38. The maximum atomic E-state index is 6.20. The summed E-state index contributed by atoms with van der Waals surface area (Å²) in [7, 11) is 6.20. The summed E-state index contributed by atoms with van der Waals surface area (Å²) in [4.78, 5) is 0. The van der Waals surface area contributed by atoms with Crippen LogP contribution in [0.4, 0.5) is 0 Å². The third-order valence-corrected chi connectivity index (χ3v) is 5.79. The second-order valence-electron chi connectivity index (χ2n) is 7.83. The van der Waals surface area contributed by atoms with E-state index in [9.17, 15) is 0 Å². The van der Waals surface area contributed by atoms with Crippen molar-refractivity contribution in [2.45, 2.75) is 110 Å². The van der Waals surface area contributed by atoms with Gasteiger partial charge < -0.3 is 0 Å². The molecule has 0 spiro atoms. The molecular formula is C19H37B. The highest BCUT2D eigenvalue weighted by Crippen LogP contribution is 2.38. The minimum absolute atomic E-state index is 0.473. The Morgan fingerprint density at radius 2 is 1.15 bits per heavy atom. The summed E-state index contributed by atoms with van der Waals surface area (Å²) < 4.78 is 0. The molecule has 2 atom stereocenters. The molecule has 0 aromatic rings. The fourth-order valence-electron chi connectivity index (χ4n) is 3.60. The van der Waals surface area contributed by atoms with Crippen LogP contribution in [0.3, 0.4) is 0 Å². The highest BCUT2D eigenvalue weighted by molar-refractivity contribution is 6.11. The normalized spacial score (nSPS) is 32.5. The maximum absolute atomic E-state index is 6.20. The quantitative estimate of drug-likeness (QED) is 0.468. The monoisotopic (exact) mass is 276 g/mol. The second-order valence-corrected chi connectivity index (χ2v) is 7.83. The molecule has 2 unspecified atom stereocenters. The van der Waals surface area contributed by atoms with Crippen molar-refractivity contribution >= 4 is 7.85 Å². The van der Waals surface area contributed by atoms with Crippen LogP contribution in [0.1, 0.15) is 104 Å². The smallest absolute Gasteiger partial charge is 0.0699 e. The molecule has 0 nitrogen and oxygen atoms in total. The van der Waals surface area contributed by atoms with Gasteiger partial charge in [0.05, 0.1) is 7.85 Å². The fraction of sp³-hybridized carbons (Fsp3) is 1.00. The molecule has 0 heterocycles. The Labute approximate surface area is 129 Å². The van der Waals surface area contributed by atoms with Crippen molar-refractivity contribution in [2.75, 3.05) is 0 Å². The van der Waals surface area contributed by atoms with Crippen molar-refractivity contribution in [3.63, 3.8) is 0 Å². The highest BCUT2D eigenvalue weighted by Gasteiger charge is 2.26. The predicted octanol–water partition coefficient (Wildman–Crippen LogP) is 6.69. The molecule has 0 aromatic heterocycles. The van der Waals surface area contributed by atoms with Gasteiger partial charge in [-0.15, -0.1) is 0 Å². The van der Waals surface area contributed by atoms with Crippen molar-refractivity contribution in [1.29, 1.82) is 0 Å². The Kier molecular flexibility index (Phi) is 8.97. The van der Waals surface area contributed by atoms with Gasteiger partial charge in [-0.2, -0.15) is 0 Å². The van der Waals surface area contributed by atoms with Gasteiger partial charge in [-0.3, -0.25) is 0 Å². The maximum Gasteiger partial charge on any atom is 0.0699 e.